The van der Waals surface area contributed by atoms with Gasteiger partial charge in [0.05, 0.1) is 6.10 Å². The van der Waals surface area contributed by atoms with E-state index in [9.17, 15) is 9.90 Å². The maximum atomic E-state index is 11.9. The number of urea groups is 1. The number of nitrogens with zero attached hydrogens (tertiary/aromatic N) is 1. The van der Waals surface area contributed by atoms with Crippen molar-refractivity contribution in [3.63, 3.8) is 0 Å². The van der Waals surface area contributed by atoms with Crippen LogP contribution < -0.4 is 15.5 Å². The largest absolute Gasteiger partial charge is 0.387 e. The van der Waals surface area contributed by atoms with Gasteiger partial charge in [0.15, 0.2) is 0 Å². The first-order valence-corrected chi connectivity index (χ1v) is 7.99. The van der Waals surface area contributed by atoms with Crippen LogP contribution in [-0.4, -0.2) is 31.8 Å². The summed E-state index contributed by atoms with van der Waals surface area (Å²) in [5, 5.41) is 15.7. The molecule has 0 saturated carbocycles. The average Bonchev–Trinajstić information content (AvgIpc) is 2.58. The molecule has 0 heterocycles. The fraction of sp³-hybridized carbons (Fsp3) is 0.316. The number of aryl methyl sites for hydroxylation is 1. The van der Waals surface area contributed by atoms with Gasteiger partial charge in [-0.15, -0.1) is 0 Å². The summed E-state index contributed by atoms with van der Waals surface area (Å²) in [4.78, 5) is 13.9. The van der Waals surface area contributed by atoms with Crippen molar-refractivity contribution in [2.45, 2.75) is 19.6 Å². The molecule has 0 bridgehead atoms. The van der Waals surface area contributed by atoms with Crippen molar-refractivity contribution in [2.75, 3.05) is 25.5 Å². The number of nitrogens with one attached hydrogen (secondary N) is 2. The molecular weight excluding hydrogens is 302 g/mol. The Kier molecular flexibility index (Phi) is 6.21. The molecule has 0 aromatic heterocycles. The number of hydrogen-bond donors (Lipinski definition) is 3. The highest BCUT2D eigenvalue weighted by Gasteiger charge is 2.11. The van der Waals surface area contributed by atoms with Crippen molar-refractivity contribution in [3.8, 4) is 0 Å². The number of rotatable bonds is 6. The molecule has 0 aliphatic heterocycles. The molecule has 0 fully saturated rings. The topological polar surface area (TPSA) is 64.6 Å². The number of carbonyl (C=O) groups excluding carboxylic acids is 1. The summed E-state index contributed by atoms with van der Waals surface area (Å²) < 4.78 is 0. The number of anilines is 1. The maximum absolute atomic E-state index is 11.9. The van der Waals surface area contributed by atoms with Crippen molar-refractivity contribution in [1.82, 2.24) is 10.6 Å². The van der Waals surface area contributed by atoms with Gasteiger partial charge in [0, 0.05) is 32.9 Å². The molecule has 5 heteroatoms. The molecule has 2 amide bonds. The zero-order chi connectivity index (χ0) is 17.5. The molecule has 128 valence electrons. The predicted molar refractivity (Wildman–Crippen MR) is 97.1 cm³/mol. The number of aliphatic hydroxyl groups excluding tert-OH is 1. The molecule has 5 nitrogen and oxygen atoms in total. The van der Waals surface area contributed by atoms with E-state index in [1.54, 1.807) is 0 Å². The van der Waals surface area contributed by atoms with E-state index in [4.69, 9.17) is 0 Å². The van der Waals surface area contributed by atoms with Crippen LogP contribution in [0.5, 0.6) is 0 Å². The standard InChI is InChI=1S/C19H25N3O2/c1-14-7-4-5-10-17(14)18(23)13-21-19(24)20-12-15-8-6-9-16(11-15)22(2)3/h4-11,18,23H,12-13H2,1-3H3,(H2,20,21,24). The van der Waals surface area contributed by atoms with Crippen LogP contribution in [0.2, 0.25) is 0 Å². The highest BCUT2D eigenvalue weighted by molar-refractivity contribution is 5.73. The van der Waals surface area contributed by atoms with Gasteiger partial charge in [-0.1, -0.05) is 36.4 Å². The van der Waals surface area contributed by atoms with Crippen molar-refractivity contribution in [1.29, 1.82) is 0 Å². The summed E-state index contributed by atoms with van der Waals surface area (Å²) in [6.45, 7) is 2.55. The lowest BCUT2D eigenvalue weighted by atomic mass is 10.0. The van der Waals surface area contributed by atoms with E-state index < -0.39 is 6.10 Å². The van der Waals surface area contributed by atoms with E-state index in [0.717, 1.165) is 22.4 Å². The second-order valence-electron chi connectivity index (χ2n) is 6.00. The summed E-state index contributed by atoms with van der Waals surface area (Å²) in [6, 6.07) is 15.3. The molecule has 0 saturated heterocycles. The van der Waals surface area contributed by atoms with Crippen molar-refractivity contribution in [3.05, 3.63) is 65.2 Å². The first-order valence-electron chi connectivity index (χ1n) is 7.99. The van der Waals surface area contributed by atoms with E-state index in [0.29, 0.717) is 6.54 Å². The second kappa shape index (κ2) is 8.36. The SMILES string of the molecule is Cc1ccccc1C(O)CNC(=O)NCc1cccc(N(C)C)c1. The monoisotopic (exact) mass is 327 g/mol. The van der Waals surface area contributed by atoms with Crippen molar-refractivity contribution in [2.24, 2.45) is 0 Å². The Hall–Kier alpha value is -2.53. The lowest BCUT2D eigenvalue weighted by molar-refractivity contribution is 0.172. The van der Waals surface area contributed by atoms with Gasteiger partial charge >= 0.3 is 6.03 Å². The lowest BCUT2D eigenvalue weighted by Gasteiger charge is -2.16. The van der Waals surface area contributed by atoms with Gasteiger partial charge in [-0.05, 0) is 35.7 Å². The number of carbonyl (C=O) groups is 1. The third-order valence-corrected chi connectivity index (χ3v) is 3.88. The number of amides is 2. The Bertz CT molecular complexity index is 686. The van der Waals surface area contributed by atoms with Crippen molar-refractivity contribution < 1.29 is 9.90 Å². The van der Waals surface area contributed by atoms with Gasteiger partial charge in [0.2, 0.25) is 0 Å². The summed E-state index contributed by atoms with van der Waals surface area (Å²) in [5.41, 5.74) is 3.95. The Morgan fingerprint density at radius 2 is 1.88 bits per heavy atom. The average molecular weight is 327 g/mol. The molecule has 2 aromatic rings. The zero-order valence-electron chi connectivity index (χ0n) is 14.4. The second-order valence-corrected chi connectivity index (χ2v) is 6.00. The van der Waals surface area contributed by atoms with Crippen LogP contribution in [0.25, 0.3) is 0 Å². The molecular formula is C19H25N3O2. The van der Waals surface area contributed by atoms with Crippen molar-refractivity contribution >= 4 is 11.7 Å². The third kappa shape index (κ3) is 4.99. The molecule has 0 aliphatic rings. The van der Waals surface area contributed by atoms with E-state index in [2.05, 4.69) is 10.6 Å². The molecule has 1 unspecified atom stereocenters. The molecule has 1 atom stereocenters. The number of benzene rings is 2. The quantitative estimate of drug-likeness (QED) is 0.764. The lowest BCUT2D eigenvalue weighted by Crippen LogP contribution is -2.37. The van der Waals surface area contributed by atoms with Gasteiger partial charge in [-0.3, -0.25) is 0 Å². The predicted octanol–water partition coefficient (Wildman–Crippen LogP) is 2.59. The van der Waals surface area contributed by atoms with Crippen LogP contribution in [-0.2, 0) is 6.54 Å². The Labute approximate surface area is 143 Å². The van der Waals surface area contributed by atoms with Crippen LogP contribution in [0.4, 0.5) is 10.5 Å². The normalized spacial score (nSPS) is 11.7. The van der Waals surface area contributed by atoms with E-state index >= 15 is 0 Å². The minimum absolute atomic E-state index is 0.175. The van der Waals surface area contributed by atoms with Gasteiger partial charge in [-0.2, -0.15) is 0 Å². The van der Waals surface area contributed by atoms with Crippen LogP contribution in [0.1, 0.15) is 22.8 Å². The van der Waals surface area contributed by atoms with Crippen LogP contribution >= 0.6 is 0 Å². The van der Waals surface area contributed by atoms with Crippen LogP contribution in [0, 0.1) is 6.92 Å². The Balaban J connectivity index is 1.81. The smallest absolute Gasteiger partial charge is 0.315 e. The minimum Gasteiger partial charge on any atom is -0.387 e. The molecule has 0 aliphatic carbocycles. The van der Waals surface area contributed by atoms with E-state index in [1.807, 2.05) is 74.4 Å². The van der Waals surface area contributed by atoms with Gasteiger partial charge in [-0.25, -0.2) is 4.79 Å². The highest BCUT2D eigenvalue weighted by Crippen LogP contribution is 2.16. The van der Waals surface area contributed by atoms with Crippen LogP contribution in [0.3, 0.4) is 0 Å². The fourth-order valence-electron chi connectivity index (χ4n) is 2.45. The summed E-state index contributed by atoms with van der Waals surface area (Å²) in [6.07, 6.45) is -0.714. The molecule has 2 aromatic carbocycles. The van der Waals surface area contributed by atoms with Crippen LogP contribution in [0.15, 0.2) is 48.5 Å². The molecule has 0 radical (unpaired) electrons. The van der Waals surface area contributed by atoms with E-state index in [-0.39, 0.29) is 12.6 Å². The highest BCUT2D eigenvalue weighted by atomic mass is 16.3. The van der Waals surface area contributed by atoms with Gasteiger partial charge in [0.1, 0.15) is 0 Å². The minimum atomic E-state index is -0.714. The molecule has 2 rings (SSSR count). The summed E-state index contributed by atoms with van der Waals surface area (Å²) >= 11 is 0. The Morgan fingerprint density at radius 3 is 2.58 bits per heavy atom. The summed E-state index contributed by atoms with van der Waals surface area (Å²) in [7, 11) is 3.96. The zero-order valence-corrected chi connectivity index (χ0v) is 14.4. The van der Waals surface area contributed by atoms with Gasteiger partial charge < -0.3 is 20.6 Å². The summed E-state index contributed by atoms with van der Waals surface area (Å²) in [5.74, 6) is 0. The van der Waals surface area contributed by atoms with Gasteiger partial charge in [0.25, 0.3) is 0 Å². The third-order valence-electron chi connectivity index (χ3n) is 3.88. The van der Waals surface area contributed by atoms with E-state index in [1.165, 1.54) is 0 Å². The molecule has 0 spiro atoms. The fourth-order valence-corrected chi connectivity index (χ4v) is 2.45. The number of hydrogen-bond acceptors (Lipinski definition) is 3. The molecule has 24 heavy (non-hydrogen) atoms. The first-order chi connectivity index (χ1) is 11.5. The Morgan fingerprint density at radius 1 is 1.12 bits per heavy atom. The first kappa shape index (κ1) is 17.8. The maximum Gasteiger partial charge on any atom is 0.315 e. The molecule has 3 N–H and O–H groups in total. The number of aliphatic hydroxyl groups is 1.